The van der Waals surface area contributed by atoms with Gasteiger partial charge in [0.1, 0.15) is 13.2 Å². The Hall–Kier alpha value is -2.07. The van der Waals surface area contributed by atoms with Gasteiger partial charge in [-0.25, -0.2) is 0 Å². The lowest BCUT2D eigenvalue weighted by Gasteiger charge is -2.16. The molecule has 39 heavy (non-hydrogen) atoms. The summed E-state index contributed by atoms with van der Waals surface area (Å²) in [4.78, 5) is 57.6. The third-order valence-corrected chi connectivity index (χ3v) is 5.12. The van der Waals surface area contributed by atoms with Crippen LogP contribution >= 0.6 is 23.2 Å². The molecule has 0 radical (unpaired) electrons. The molecule has 0 heterocycles. The maximum atomic E-state index is 12.5. The van der Waals surface area contributed by atoms with Crippen LogP contribution in [0.2, 0.25) is 0 Å². The Labute approximate surface area is 238 Å². The Bertz CT molecular complexity index is 719. The Morgan fingerprint density at radius 3 is 1.77 bits per heavy atom. The lowest BCUT2D eigenvalue weighted by molar-refractivity contribution is -0.131. The van der Waals surface area contributed by atoms with Crippen LogP contribution in [0.25, 0.3) is 0 Å². The van der Waals surface area contributed by atoms with Gasteiger partial charge in [-0.15, -0.1) is 0 Å². The van der Waals surface area contributed by atoms with Crippen LogP contribution < -0.4 is 27.0 Å². The molecule has 1 unspecified atom stereocenters. The third kappa shape index (κ3) is 25.9. The number of hydrogen-bond acceptors (Lipinski definition) is 10. The van der Waals surface area contributed by atoms with Gasteiger partial charge in [-0.2, -0.15) is 0 Å². The number of amides is 4. The number of nitrogens with one attached hydrogen (secondary N) is 4. The molecule has 0 aliphatic carbocycles. The van der Waals surface area contributed by atoms with Crippen LogP contribution in [-0.4, -0.2) is 114 Å². The summed E-state index contributed by atoms with van der Waals surface area (Å²) in [5, 5.41) is 8.88. The van der Waals surface area contributed by atoms with E-state index >= 15 is 0 Å². The number of ether oxygens (including phenoxy) is 4. The molecular formula is C23H41Cl2N5O9. The summed E-state index contributed by atoms with van der Waals surface area (Å²) in [7, 11) is 0. The molecule has 0 aliphatic heterocycles. The molecule has 0 rings (SSSR count). The number of nitrogens with two attached hydrogens (primary N) is 1. The van der Waals surface area contributed by atoms with Crippen LogP contribution in [-0.2, 0) is 33.3 Å². The molecule has 16 heteroatoms. The van der Waals surface area contributed by atoms with Gasteiger partial charge in [0.2, 0.25) is 11.8 Å². The number of hydrogen-bond donors (Lipinski definition) is 5. The molecule has 14 nitrogen and oxygen atoms in total. The first-order valence-electron chi connectivity index (χ1n) is 12.7. The summed E-state index contributed by atoms with van der Waals surface area (Å²) in [6.07, 6.45) is 1.73. The maximum absolute atomic E-state index is 12.5. The highest BCUT2D eigenvalue weighted by Crippen LogP contribution is 2.14. The lowest BCUT2D eigenvalue weighted by Crippen LogP contribution is -2.36. The largest absolute Gasteiger partial charge is 0.377 e. The van der Waals surface area contributed by atoms with Crippen molar-refractivity contribution >= 4 is 51.5 Å². The van der Waals surface area contributed by atoms with Gasteiger partial charge in [0.15, 0.2) is 5.78 Å². The van der Waals surface area contributed by atoms with E-state index in [1.807, 2.05) is 0 Å². The van der Waals surface area contributed by atoms with Gasteiger partial charge in [-0.1, -0.05) is 6.42 Å². The Balaban J connectivity index is 4.04. The number of rotatable bonds is 26. The van der Waals surface area contributed by atoms with Crippen molar-refractivity contribution in [2.45, 2.75) is 25.7 Å². The van der Waals surface area contributed by atoms with Gasteiger partial charge in [0.05, 0.1) is 39.6 Å². The molecular weight excluding hydrogens is 561 g/mol. The van der Waals surface area contributed by atoms with Crippen molar-refractivity contribution in [3.05, 3.63) is 0 Å². The molecule has 6 N–H and O–H groups in total. The van der Waals surface area contributed by atoms with E-state index in [0.717, 1.165) is 0 Å². The Morgan fingerprint density at radius 2 is 1.21 bits per heavy atom. The minimum atomic E-state index is -0.659. The van der Waals surface area contributed by atoms with E-state index in [1.165, 1.54) is 0 Å². The molecule has 226 valence electrons. The molecule has 0 saturated heterocycles. The van der Waals surface area contributed by atoms with E-state index in [9.17, 15) is 24.0 Å². The predicted molar refractivity (Wildman–Crippen MR) is 144 cm³/mol. The highest BCUT2D eigenvalue weighted by molar-refractivity contribution is 6.63. The van der Waals surface area contributed by atoms with Crippen molar-refractivity contribution in [3.8, 4) is 0 Å². The van der Waals surface area contributed by atoms with Gasteiger partial charge >= 0.3 is 10.7 Å². The first-order valence-corrected chi connectivity index (χ1v) is 13.5. The van der Waals surface area contributed by atoms with Gasteiger partial charge in [0, 0.05) is 45.1 Å². The Morgan fingerprint density at radius 1 is 0.641 bits per heavy atom. The molecule has 0 spiro atoms. The second-order valence-corrected chi connectivity index (χ2v) is 8.78. The number of ketones is 1. The standard InChI is InChI=1S/C23H41Cl2N5O9/c24-22(34)29-7-9-36-11-13-38-16-19(31)15-18(21(33)28-6-4-26)3-1-2-5-27-20(32)17-39-14-12-37-10-8-30-23(25)35/h18H,1-17,26H2,(H,27,32)(H,28,33)(H,29,34)(H,30,35). The minimum absolute atomic E-state index is 0.0273. The molecule has 4 amide bonds. The summed E-state index contributed by atoms with van der Waals surface area (Å²) in [5.41, 5.74) is 5.45. The number of carbonyl (C=O) groups excluding carboxylic acids is 5. The molecule has 0 bridgehead atoms. The van der Waals surface area contributed by atoms with Crippen molar-refractivity contribution < 1.29 is 42.9 Å². The van der Waals surface area contributed by atoms with E-state index < -0.39 is 16.7 Å². The van der Waals surface area contributed by atoms with E-state index in [0.29, 0.717) is 32.4 Å². The minimum Gasteiger partial charge on any atom is -0.377 e. The predicted octanol–water partition coefficient (Wildman–Crippen LogP) is -0.114. The van der Waals surface area contributed by atoms with Gasteiger partial charge < -0.3 is 45.9 Å². The van der Waals surface area contributed by atoms with Crippen molar-refractivity contribution in [1.29, 1.82) is 0 Å². The van der Waals surface area contributed by atoms with Crippen molar-refractivity contribution in [1.82, 2.24) is 21.3 Å². The summed E-state index contributed by atoms with van der Waals surface area (Å²) in [6, 6.07) is 0. The van der Waals surface area contributed by atoms with Crippen LogP contribution in [0.3, 0.4) is 0 Å². The quantitative estimate of drug-likeness (QED) is 0.0506. The first kappa shape index (κ1) is 36.9. The lowest BCUT2D eigenvalue weighted by atomic mass is 9.95. The van der Waals surface area contributed by atoms with E-state index in [4.69, 9.17) is 47.9 Å². The highest BCUT2D eigenvalue weighted by atomic mass is 35.5. The van der Waals surface area contributed by atoms with Crippen LogP contribution in [0, 0.1) is 5.92 Å². The average molecular weight is 603 g/mol. The zero-order chi connectivity index (χ0) is 29.1. The number of Topliss-reactive ketones (excluding diaryl/α,β-unsaturated/α-hetero) is 1. The second kappa shape index (κ2) is 26.2. The first-order chi connectivity index (χ1) is 18.8. The molecule has 0 saturated carbocycles. The van der Waals surface area contributed by atoms with Gasteiger partial charge in [-0.05, 0) is 36.0 Å². The fraction of sp³-hybridized carbons (Fsp3) is 0.783. The van der Waals surface area contributed by atoms with Gasteiger partial charge in [0.25, 0.3) is 0 Å². The fourth-order valence-corrected chi connectivity index (χ4v) is 3.22. The second-order valence-electron chi connectivity index (χ2n) is 8.10. The molecule has 1 atom stereocenters. The maximum Gasteiger partial charge on any atom is 0.313 e. The smallest absolute Gasteiger partial charge is 0.313 e. The summed E-state index contributed by atoms with van der Waals surface area (Å²) >= 11 is 10.2. The molecule has 0 aliphatic rings. The SMILES string of the molecule is NCCNC(=O)C(CCCCNC(=O)COCCOCCNC(=O)Cl)CC(=O)COCCOCCNC(=O)Cl. The van der Waals surface area contributed by atoms with E-state index in [2.05, 4.69) is 21.3 Å². The summed E-state index contributed by atoms with van der Waals surface area (Å²) < 4.78 is 20.9. The van der Waals surface area contributed by atoms with E-state index in [1.54, 1.807) is 0 Å². The zero-order valence-corrected chi connectivity index (χ0v) is 23.6. The van der Waals surface area contributed by atoms with Gasteiger partial charge in [-0.3, -0.25) is 24.0 Å². The van der Waals surface area contributed by atoms with Crippen LogP contribution in [0.5, 0.6) is 0 Å². The van der Waals surface area contributed by atoms with Crippen molar-refractivity contribution in [3.63, 3.8) is 0 Å². The molecule has 0 fully saturated rings. The normalized spacial score (nSPS) is 11.5. The van der Waals surface area contributed by atoms with Crippen LogP contribution in [0.15, 0.2) is 0 Å². The number of halogens is 2. The van der Waals surface area contributed by atoms with E-state index in [-0.39, 0.29) is 96.5 Å². The Kier molecular flexibility index (Phi) is 24.8. The molecule has 0 aromatic rings. The zero-order valence-electron chi connectivity index (χ0n) is 22.1. The van der Waals surface area contributed by atoms with Crippen molar-refractivity contribution in [2.24, 2.45) is 11.7 Å². The monoisotopic (exact) mass is 601 g/mol. The van der Waals surface area contributed by atoms with Crippen LogP contribution in [0.1, 0.15) is 25.7 Å². The molecule has 0 aromatic heterocycles. The third-order valence-electron chi connectivity index (χ3n) is 4.85. The fourth-order valence-electron chi connectivity index (χ4n) is 3.03. The molecule has 0 aromatic carbocycles. The summed E-state index contributed by atoms with van der Waals surface area (Å²) in [5.74, 6) is -1.26. The topological polar surface area (TPSA) is 196 Å². The average Bonchev–Trinajstić information content (AvgIpc) is 2.89. The number of carbonyl (C=O) groups is 5. The highest BCUT2D eigenvalue weighted by Gasteiger charge is 2.21. The van der Waals surface area contributed by atoms with Crippen LogP contribution in [0.4, 0.5) is 9.59 Å². The summed E-state index contributed by atoms with van der Waals surface area (Å²) in [6.45, 7) is 2.77. The van der Waals surface area contributed by atoms with Crippen molar-refractivity contribution in [2.75, 3.05) is 85.6 Å². The number of unbranched alkanes of at least 4 members (excludes halogenated alkanes) is 1.